The molecule has 0 bridgehead atoms. The van der Waals surface area contributed by atoms with Crippen LogP contribution in [0.1, 0.15) is 16.7 Å². The molecule has 0 aliphatic rings. The van der Waals surface area contributed by atoms with Crippen LogP contribution in [0.5, 0.6) is 0 Å². The van der Waals surface area contributed by atoms with Crippen LogP contribution in [0, 0.1) is 5.82 Å². The normalized spacial score (nSPS) is 11.0. The van der Waals surface area contributed by atoms with Gasteiger partial charge in [0.2, 0.25) is 0 Å². The van der Waals surface area contributed by atoms with E-state index in [1.54, 1.807) is 31.7 Å². The molecule has 0 unspecified atom stereocenters. The zero-order chi connectivity index (χ0) is 18.2. The van der Waals surface area contributed by atoms with E-state index < -0.39 is 0 Å². The minimum atomic E-state index is -0.220. The quantitative estimate of drug-likeness (QED) is 0.323. The fourth-order valence-electron chi connectivity index (χ4n) is 2.66. The molecule has 0 radical (unpaired) electrons. The lowest BCUT2D eigenvalue weighted by Crippen LogP contribution is -2.36. The molecule has 2 N–H and O–H groups in total. The number of rotatable bonds is 6. The molecule has 3 rings (SSSR count). The zero-order valence-electron chi connectivity index (χ0n) is 15.1. The molecule has 0 saturated carbocycles. The second-order valence-corrected chi connectivity index (χ2v) is 5.93. The van der Waals surface area contributed by atoms with Gasteiger partial charge >= 0.3 is 0 Å². The van der Waals surface area contributed by atoms with Crippen LogP contribution in [0.3, 0.4) is 0 Å². The van der Waals surface area contributed by atoms with E-state index in [4.69, 9.17) is 0 Å². The molecule has 7 heteroatoms. The van der Waals surface area contributed by atoms with Crippen LogP contribution in [0.4, 0.5) is 4.39 Å². The fraction of sp³-hybridized carbons (Fsp3) is 0.200. The van der Waals surface area contributed by atoms with Gasteiger partial charge < -0.3 is 15.2 Å². The highest BCUT2D eigenvalue weighted by Gasteiger charge is 2.03. The second kappa shape index (κ2) is 10.7. The first kappa shape index (κ1) is 20.9. The van der Waals surface area contributed by atoms with Gasteiger partial charge in [-0.2, -0.15) is 0 Å². The maximum absolute atomic E-state index is 13.7. The maximum atomic E-state index is 13.7. The average Bonchev–Trinajstić information content (AvgIpc) is 3.16. The number of nitrogens with one attached hydrogen (secondary N) is 2. The number of benzene rings is 2. The largest absolute Gasteiger partial charge is 0.352 e. The van der Waals surface area contributed by atoms with Gasteiger partial charge in [0, 0.05) is 44.6 Å². The summed E-state index contributed by atoms with van der Waals surface area (Å²) in [5.41, 5.74) is 2.96. The van der Waals surface area contributed by atoms with Crippen LogP contribution in [-0.2, 0) is 19.6 Å². The average molecular weight is 479 g/mol. The molecule has 5 nitrogen and oxygen atoms in total. The fourth-order valence-corrected chi connectivity index (χ4v) is 2.66. The van der Waals surface area contributed by atoms with E-state index >= 15 is 0 Å². The monoisotopic (exact) mass is 479 g/mol. The molecule has 142 valence electrons. The van der Waals surface area contributed by atoms with Crippen LogP contribution in [0.25, 0.3) is 0 Å². The third-order valence-corrected chi connectivity index (χ3v) is 4.00. The standard InChI is InChI=1S/C20H22FN5.HI/c1-22-20(25-13-18-7-2-3-8-19(18)21)24-12-16-5-4-6-17(11-16)14-26-10-9-23-15-26;/h2-11,15H,12-14H2,1H3,(H2,22,24,25);1H. The molecule has 0 saturated heterocycles. The van der Waals surface area contributed by atoms with Crippen molar-refractivity contribution in [2.45, 2.75) is 19.6 Å². The van der Waals surface area contributed by atoms with Crippen molar-refractivity contribution in [1.29, 1.82) is 0 Å². The highest BCUT2D eigenvalue weighted by Crippen LogP contribution is 2.08. The maximum Gasteiger partial charge on any atom is 0.191 e. The number of guanidine groups is 1. The summed E-state index contributed by atoms with van der Waals surface area (Å²) in [5.74, 6) is 0.413. The van der Waals surface area contributed by atoms with E-state index in [9.17, 15) is 4.39 Å². The third kappa shape index (κ3) is 6.35. The molecule has 3 aromatic rings. The van der Waals surface area contributed by atoms with Crippen LogP contribution in [0.15, 0.2) is 72.2 Å². The molecule has 0 spiro atoms. The minimum absolute atomic E-state index is 0. The molecule has 2 aromatic carbocycles. The Balaban J connectivity index is 0.00000261. The van der Waals surface area contributed by atoms with Gasteiger partial charge in [0.25, 0.3) is 0 Å². The van der Waals surface area contributed by atoms with E-state index in [0.717, 1.165) is 12.1 Å². The first-order valence-corrected chi connectivity index (χ1v) is 8.46. The van der Waals surface area contributed by atoms with E-state index in [1.807, 2.05) is 22.9 Å². The molecule has 0 atom stereocenters. The van der Waals surface area contributed by atoms with Gasteiger partial charge in [-0.3, -0.25) is 4.99 Å². The van der Waals surface area contributed by atoms with Gasteiger partial charge in [0.1, 0.15) is 5.82 Å². The summed E-state index contributed by atoms with van der Waals surface area (Å²) in [7, 11) is 1.70. The van der Waals surface area contributed by atoms with E-state index in [-0.39, 0.29) is 29.8 Å². The molecule has 0 amide bonds. The molecule has 27 heavy (non-hydrogen) atoms. The number of nitrogens with zero attached hydrogens (tertiary/aromatic N) is 3. The van der Waals surface area contributed by atoms with Crippen molar-refractivity contribution in [2.24, 2.45) is 4.99 Å². The molecule has 0 fully saturated rings. The molecule has 1 aromatic heterocycles. The summed E-state index contributed by atoms with van der Waals surface area (Å²) in [4.78, 5) is 8.25. The van der Waals surface area contributed by atoms with Crippen molar-refractivity contribution in [2.75, 3.05) is 7.05 Å². The van der Waals surface area contributed by atoms with E-state index in [1.165, 1.54) is 11.6 Å². The summed E-state index contributed by atoms with van der Waals surface area (Å²) in [6, 6.07) is 15.1. The summed E-state index contributed by atoms with van der Waals surface area (Å²) in [6.07, 6.45) is 5.52. The predicted octanol–water partition coefficient (Wildman–Crippen LogP) is 3.55. The number of aromatic nitrogens is 2. The first-order chi connectivity index (χ1) is 12.7. The van der Waals surface area contributed by atoms with E-state index in [2.05, 4.69) is 38.8 Å². The first-order valence-electron chi connectivity index (χ1n) is 8.46. The molecule has 1 heterocycles. The lowest BCUT2D eigenvalue weighted by molar-refractivity contribution is 0.604. The Hall–Kier alpha value is -2.42. The Morgan fingerprint density at radius 1 is 1.07 bits per heavy atom. The zero-order valence-corrected chi connectivity index (χ0v) is 17.4. The number of hydrogen-bond donors (Lipinski definition) is 2. The Labute approximate surface area is 175 Å². The smallest absolute Gasteiger partial charge is 0.191 e. The summed E-state index contributed by atoms with van der Waals surface area (Å²) >= 11 is 0. The number of aliphatic imine (C=N–C) groups is 1. The summed E-state index contributed by atoms with van der Waals surface area (Å²) in [5, 5.41) is 6.39. The predicted molar refractivity (Wildman–Crippen MR) is 117 cm³/mol. The van der Waals surface area contributed by atoms with Gasteiger partial charge in [-0.05, 0) is 17.2 Å². The van der Waals surface area contributed by atoms with Gasteiger partial charge in [-0.1, -0.05) is 42.5 Å². The second-order valence-electron chi connectivity index (χ2n) is 5.93. The van der Waals surface area contributed by atoms with Crippen molar-refractivity contribution in [1.82, 2.24) is 20.2 Å². The Kier molecular flexibility index (Phi) is 8.25. The highest BCUT2D eigenvalue weighted by atomic mass is 127. The third-order valence-electron chi connectivity index (χ3n) is 4.00. The molecule has 0 aliphatic heterocycles. The van der Waals surface area contributed by atoms with Crippen molar-refractivity contribution < 1.29 is 4.39 Å². The molecular weight excluding hydrogens is 456 g/mol. The van der Waals surface area contributed by atoms with Crippen molar-refractivity contribution in [3.8, 4) is 0 Å². The number of imidazole rings is 1. The van der Waals surface area contributed by atoms with Crippen LogP contribution in [0.2, 0.25) is 0 Å². The van der Waals surface area contributed by atoms with Crippen LogP contribution >= 0.6 is 24.0 Å². The van der Waals surface area contributed by atoms with E-state index in [0.29, 0.717) is 24.6 Å². The van der Waals surface area contributed by atoms with Crippen LogP contribution in [-0.4, -0.2) is 22.6 Å². The van der Waals surface area contributed by atoms with Crippen molar-refractivity contribution >= 4 is 29.9 Å². The SMILES string of the molecule is CN=C(NCc1cccc(Cn2ccnc2)c1)NCc1ccccc1F.I. The van der Waals surface area contributed by atoms with Crippen molar-refractivity contribution in [3.63, 3.8) is 0 Å². The van der Waals surface area contributed by atoms with Gasteiger partial charge in [-0.25, -0.2) is 9.37 Å². The summed E-state index contributed by atoms with van der Waals surface area (Å²) < 4.78 is 15.7. The molecule has 0 aliphatic carbocycles. The minimum Gasteiger partial charge on any atom is -0.352 e. The Morgan fingerprint density at radius 3 is 2.59 bits per heavy atom. The number of hydrogen-bond acceptors (Lipinski definition) is 2. The van der Waals surface area contributed by atoms with Crippen molar-refractivity contribution in [3.05, 3.63) is 89.8 Å². The Morgan fingerprint density at radius 2 is 1.85 bits per heavy atom. The molecular formula is C20H23FIN5. The van der Waals surface area contributed by atoms with Gasteiger partial charge in [-0.15, -0.1) is 24.0 Å². The topological polar surface area (TPSA) is 54.2 Å². The summed E-state index contributed by atoms with van der Waals surface area (Å²) in [6.45, 7) is 1.80. The van der Waals surface area contributed by atoms with Gasteiger partial charge in [0.15, 0.2) is 5.96 Å². The van der Waals surface area contributed by atoms with Crippen LogP contribution < -0.4 is 10.6 Å². The van der Waals surface area contributed by atoms with Gasteiger partial charge in [0.05, 0.1) is 6.33 Å². The lowest BCUT2D eigenvalue weighted by Gasteiger charge is -2.13. The highest BCUT2D eigenvalue weighted by molar-refractivity contribution is 14.0. The Bertz CT molecular complexity index is 864. The lowest BCUT2D eigenvalue weighted by atomic mass is 10.1. The number of halogens is 2.